The molecule has 1 aliphatic heterocycles. The first-order valence-electron chi connectivity index (χ1n) is 6.92. The van der Waals surface area contributed by atoms with Gasteiger partial charge in [-0.15, -0.1) is 0 Å². The number of fused-ring (bicyclic) bond motifs is 1. The van der Waals surface area contributed by atoms with Gasteiger partial charge >= 0.3 is 0 Å². The summed E-state index contributed by atoms with van der Waals surface area (Å²) in [7, 11) is 2.96. The molecule has 0 radical (unpaired) electrons. The molecule has 0 spiro atoms. The summed E-state index contributed by atoms with van der Waals surface area (Å²) < 4.78 is 11.4. The molecule has 1 heterocycles. The minimum Gasteiger partial charge on any atom is -0.497 e. The number of rotatable bonds is 4. The highest BCUT2D eigenvalue weighted by atomic mass is 79.9. The number of hydrogen-bond acceptors (Lipinski definition) is 4. The molecule has 0 unspecified atom stereocenters. The van der Waals surface area contributed by atoms with Crippen molar-refractivity contribution in [2.45, 2.75) is 6.54 Å². The number of amides is 2. The zero-order valence-corrected chi connectivity index (χ0v) is 14.2. The van der Waals surface area contributed by atoms with Crippen molar-refractivity contribution < 1.29 is 19.1 Å². The minimum absolute atomic E-state index is 0.213. The molecule has 0 N–H and O–H groups in total. The number of halogens is 1. The molecule has 2 aromatic carbocycles. The average molecular weight is 376 g/mol. The summed E-state index contributed by atoms with van der Waals surface area (Å²) in [5, 5.41) is 0. The maximum absolute atomic E-state index is 12.6. The minimum atomic E-state index is -0.354. The molecule has 0 atom stereocenters. The van der Waals surface area contributed by atoms with Crippen LogP contribution in [0.3, 0.4) is 0 Å². The van der Waals surface area contributed by atoms with E-state index in [9.17, 15) is 9.59 Å². The fourth-order valence-electron chi connectivity index (χ4n) is 2.55. The second-order valence-electron chi connectivity index (χ2n) is 5.08. The molecule has 0 aromatic heterocycles. The Bertz CT molecular complexity index is 786. The highest BCUT2D eigenvalue weighted by molar-refractivity contribution is 9.10. The quantitative estimate of drug-likeness (QED) is 0.769. The molecule has 0 saturated heterocycles. The molecule has 0 aliphatic carbocycles. The van der Waals surface area contributed by atoms with Gasteiger partial charge in [0.15, 0.2) is 0 Å². The SMILES string of the molecule is COc1cc(OC)c2c(c1)C(=O)N(Cc1ccc(Br)cc1)C2=O. The Hall–Kier alpha value is -2.34. The molecule has 1 aliphatic rings. The normalized spacial score (nSPS) is 13.3. The number of hydrogen-bond donors (Lipinski definition) is 0. The molecule has 23 heavy (non-hydrogen) atoms. The van der Waals surface area contributed by atoms with E-state index in [2.05, 4.69) is 15.9 Å². The highest BCUT2D eigenvalue weighted by Gasteiger charge is 2.38. The number of carbonyl (C=O) groups is 2. The van der Waals surface area contributed by atoms with Crippen LogP contribution in [0.25, 0.3) is 0 Å². The van der Waals surface area contributed by atoms with Crippen molar-refractivity contribution in [2.24, 2.45) is 0 Å². The molecule has 3 rings (SSSR count). The molecular weight excluding hydrogens is 362 g/mol. The van der Waals surface area contributed by atoms with Crippen LogP contribution in [0.15, 0.2) is 40.9 Å². The lowest BCUT2D eigenvalue weighted by Gasteiger charge is -2.14. The van der Waals surface area contributed by atoms with Gasteiger partial charge in [0.1, 0.15) is 11.5 Å². The number of carbonyl (C=O) groups excluding carboxylic acids is 2. The van der Waals surface area contributed by atoms with E-state index in [0.717, 1.165) is 10.0 Å². The number of nitrogens with zero attached hydrogens (tertiary/aromatic N) is 1. The van der Waals surface area contributed by atoms with Gasteiger partial charge in [0.25, 0.3) is 11.8 Å². The molecule has 118 valence electrons. The van der Waals surface area contributed by atoms with Crippen molar-refractivity contribution in [3.8, 4) is 11.5 Å². The van der Waals surface area contributed by atoms with E-state index in [4.69, 9.17) is 9.47 Å². The fraction of sp³-hybridized carbons (Fsp3) is 0.176. The summed E-state index contributed by atoms with van der Waals surface area (Å²) in [5.74, 6) is 0.126. The molecule has 5 nitrogen and oxygen atoms in total. The van der Waals surface area contributed by atoms with Gasteiger partial charge in [-0.05, 0) is 23.8 Å². The summed E-state index contributed by atoms with van der Waals surface area (Å²) in [6.45, 7) is 0.213. The van der Waals surface area contributed by atoms with Gasteiger partial charge < -0.3 is 9.47 Å². The standard InChI is InChI=1S/C17H14BrNO4/c1-22-12-7-13-15(14(8-12)23-2)17(21)19(16(13)20)9-10-3-5-11(18)6-4-10/h3-8H,9H2,1-2H3. The van der Waals surface area contributed by atoms with Crippen LogP contribution in [-0.2, 0) is 6.54 Å². The third-order valence-electron chi connectivity index (χ3n) is 3.72. The topological polar surface area (TPSA) is 55.8 Å². The first kappa shape index (κ1) is 15.6. The van der Waals surface area contributed by atoms with E-state index in [0.29, 0.717) is 17.1 Å². The lowest BCUT2D eigenvalue weighted by atomic mass is 10.1. The van der Waals surface area contributed by atoms with Crippen LogP contribution < -0.4 is 9.47 Å². The zero-order chi connectivity index (χ0) is 16.6. The number of methoxy groups -OCH3 is 2. The van der Waals surface area contributed by atoms with E-state index in [-0.39, 0.29) is 23.9 Å². The van der Waals surface area contributed by atoms with Crippen molar-refractivity contribution in [3.05, 3.63) is 57.6 Å². The van der Waals surface area contributed by atoms with Gasteiger partial charge in [-0.25, -0.2) is 0 Å². The first-order valence-corrected chi connectivity index (χ1v) is 7.71. The zero-order valence-electron chi connectivity index (χ0n) is 12.6. The maximum atomic E-state index is 12.6. The molecule has 6 heteroatoms. The molecule has 0 fully saturated rings. The summed E-state index contributed by atoms with van der Waals surface area (Å²) in [6.07, 6.45) is 0. The summed E-state index contributed by atoms with van der Waals surface area (Å²) in [4.78, 5) is 26.5. The van der Waals surface area contributed by atoms with Crippen molar-refractivity contribution >= 4 is 27.7 Å². The van der Waals surface area contributed by atoms with Crippen LogP contribution in [0.1, 0.15) is 26.3 Å². The van der Waals surface area contributed by atoms with Crippen molar-refractivity contribution in [3.63, 3.8) is 0 Å². The second kappa shape index (κ2) is 6.04. The average Bonchev–Trinajstić information content (AvgIpc) is 2.81. The number of imide groups is 1. The lowest BCUT2D eigenvalue weighted by molar-refractivity contribution is 0.0641. The Morgan fingerprint density at radius 3 is 2.30 bits per heavy atom. The third kappa shape index (κ3) is 2.70. The number of ether oxygens (including phenoxy) is 2. The number of benzene rings is 2. The van der Waals surface area contributed by atoms with E-state index in [1.807, 2.05) is 24.3 Å². The predicted octanol–water partition coefficient (Wildman–Crippen LogP) is 3.26. The van der Waals surface area contributed by atoms with Crippen molar-refractivity contribution in [1.82, 2.24) is 4.90 Å². The van der Waals surface area contributed by atoms with E-state index >= 15 is 0 Å². The second-order valence-corrected chi connectivity index (χ2v) is 5.99. The monoisotopic (exact) mass is 375 g/mol. The molecule has 2 amide bonds. The Balaban J connectivity index is 1.98. The predicted molar refractivity (Wildman–Crippen MR) is 87.9 cm³/mol. The molecule has 0 saturated carbocycles. The van der Waals surface area contributed by atoms with E-state index in [1.165, 1.54) is 19.1 Å². The smallest absolute Gasteiger partial charge is 0.265 e. The molecule has 0 bridgehead atoms. The van der Waals surface area contributed by atoms with Gasteiger partial charge in [-0.2, -0.15) is 0 Å². The van der Waals surface area contributed by atoms with Crippen LogP contribution in [-0.4, -0.2) is 30.9 Å². The van der Waals surface area contributed by atoms with E-state index < -0.39 is 0 Å². The van der Waals surface area contributed by atoms with Crippen LogP contribution in [0, 0.1) is 0 Å². The summed E-state index contributed by atoms with van der Waals surface area (Å²) >= 11 is 3.36. The molecular formula is C17H14BrNO4. The van der Waals surface area contributed by atoms with Gasteiger partial charge in [-0.3, -0.25) is 14.5 Å². The van der Waals surface area contributed by atoms with Crippen molar-refractivity contribution in [2.75, 3.05) is 14.2 Å². The lowest BCUT2D eigenvalue weighted by Crippen LogP contribution is -2.29. The Labute approximate surface area is 141 Å². The molecule has 2 aromatic rings. The van der Waals surface area contributed by atoms with E-state index in [1.54, 1.807) is 12.1 Å². The fourth-order valence-corrected chi connectivity index (χ4v) is 2.81. The van der Waals surface area contributed by atoms with Crippen LogP contribution in [0.2, 0.25) is 0 Å². The van der Waals surface area contributed by atoms with Crippen LogP contribution in [0.5, 0.6) is 11.5 Å². The Morgan fingerprint density at radius 2 is 1.70 bits per heavy atom. The maximum Gasteiger partial charge on any atom is 0.265 e. The highest BCUT2D eigenvalue weighted by Crippen LogP contribution is 2.35. The summed E-state index contributed by atoms with van der Waals surface area (Å²) in [6, 6.07) is 10.7. The third-order valence-corrected chi connectivity index (χ3v) is 4.25. The van der Waals surface area contributed by atoms with Gasteiger partial charge in [0, 0.05) is 10.5 Å². The Morgan fingerprint density at radius 1 is 1.00 bits per heavy atom. The van der Waals surface area contributed by atoms with Gasteiger partial charge in [0.2, 0.25) is 0 Å². The van der Waals surface area contributed by atoms with Crippen molar-refractivity contribution in [1.29, 1.82) is 0 Å². The first-order chi connectivity index (χ1) is 11.0. The van der Waals surface area contributed by atoms with Gasteiger partial charge in [0.05, 0.1) is 31.9 Å². The summed E-state index contributed by atoms with van der Waals surface area (Å²) in [5.41, 5.74) is 1.47. The largest absolute Gasteiger partial charge is 0.497 e. The van der Waals surface area contributed by atoms with Crippen LogP contribution in [0.4, 0.5) is 0 Å². The Kier molecular flexibility index (Phi) is 4.09. The van der Waals surface area contributed by atoms with Crippen LogP contribution >= 0.6 is 15.9 Å². The van der Waals surface area contributed by atoms with Gasteiger partial charge in [-0.1, -0.05) is 28.1 Å².